The normalized spacial score (nSPS) is 11.5. The van der Waals surface area contributed by atoms with Crippen molar-refractivity contribution in [1.29, 1.82) is 0 Å². The highest BCUT2D eigenvalue weighted by Crippen LogP contribution is 2.17. The quantitative estimate of drug-likeness (QED) is 0.253. The number of nitrogens with zero attached hydrogens (tertiary/aromatic N) is 3. The minimum Gasteiger partial charge on any atom is -0.491 e. The second kappa shape index (κ2) is 13.2. The van der Waals surface area contributed by atoms with Crippen LogP contribution in [-0.2, 0) is 11.3 Å². The Morgan fingerprint density at radius 3 is 2.39 bits per heavy atom. The molecule has 182 valence electrons. The van der Waals surface area contributed by atoms with Crippen molar-refractivity contribution in [3.63, 3.8) is 0 Å². The number of carbonyl (C=O) groups excluding carboxylic acids is 1. The zero-order valence-corrected chi connectivity index (χ0v) is 22.9. The zero-order valence-electron chi connectivity index (χ0n) is 20.6. The van der Waals surface area contributed by atoms with Gasteiger partial charge in [-0.2, -0.15) is 0 Å². The summed E-state index contributed by atoms with van der Waals surface area (Å²) in [6.45, 7) is 10.4. The van der Waals surface area contributed by atoms with Crippen LogP contribution in [0.15, 0.2) is 47.6 Å². The van der Waals surface area contributed by atoms with Crippen molar-refractivity contribution in [2.75, 3.05) is 30.9 Å². The third-order valence-corrected chi connectivity index (χ3v) is 4.11. The van der Waals surface area contributed by atoms with Crippen LogP contribution in [0.5, 0.6) is 5.75 Å². The minimum absolute atomic E-state index is 0. The van der Waals surface area contributed by atoms with E-state index in [1.165, 1.54) is 0 Å². The Kier molecular flexibility index (Phi) is 11.4. The lowest BCUT2D eigenvalue weighted by atomic mass is 10.1. The van der Waals surface area contributed by atoms with E-state index >= 15 is 0 Å². The number of amides is 1. The van der Waals surface area contributed by atoms with Crippen LogP contribution in [0.2, 0.25) is 0 Å². The number of aromatic nitrogens is 1. The first-order valence-electron chi connectivity index (χ1n) is 10.8. The van der Waals surface area contributed by atoms with E-state index in [-0.39, 0.29) is 48.1 Å². The van der Waals surface area contributed by atoms with Crippen LogP contribution in [0.4, 0.5) is 11.5 Å². The molecule has 2 aromatic rings. The Labute approximate surface area is 214 Å². The zero-order chi connectivity index (χ0) is 23.7. The van der Waals surface area contributed by atoms with Gasteiger partial charge in [-0.1, -0.05) is 0 Å². The summed E-state index contributed by atoms with van der Waals surface area (Å²) in [5.74, 6) is 2.07. The Hall–Kier alpha value is -2.56. The van der Waals surface area contributed by atoms with Crippen LogP contribution < -0.4 is 25.6 Å². The topological polar surface area (TPSA) is 90.9 Å². The largest absolute Gasteiger partial charge is 0.491 e. The molecule has 0 unspecified atom stereocenters. The number of benzene rings is 1. The molecule has 1 amide bonds. The number of halogens is 1. The average Bonchev–Trinajstić information content (AvgIpc) is 2.70. The highest BCUT2D eigenvalue weighted by molar-refractivity contribution is 14.0. The Balaban J connectivity index is 0.00000544. The van der Waals surface area contributed by atoms with Gasteiger partial charge in [0.2, 0.25) is 5.91 Å². The number of hydrogen-bond acceptors (Lipinski definition) is 5. The van der Waals surface area contributed by atoms with Crippen molar-refractivity contribution in [1.82, 2.24) is 15.6 Å². The number of rotatable bonds is 8. The molecule has 0 aliphatic carbocycles. The fourth-order valence-corrected chi connectivity index (χ4v) is 2.77. The van der Waals surface area contributed by atoms with Crippen molar-refractivity contribution in [3.05, 3.63) is 48.2 Å². The van der Waals surface area contributed by atoms with Gasteiger partial charge in [0.15, 0.2) is 5.96 Å². The Morgan fingerprint density at radius 2 is 1.82 bits per heavy atom. The van der Waals surface area contributed by atoms with E-state index in [1.54, 1.807) is 6.20 Å². The highest BCUT2D eigenvalue weighted by Gasteiger charge is 2.14. The molecule has 0 spiro atoms. The lowest BCUT2D eigenvalue weighted by Crippen LogP contribution is -2.46. The van der Waals surface area contributed by atoms with Gasteiger partial charge in [0, 0.05) is 31.5 Å². The molecule has 0 bridgehead atoms. The highest BCUT2D eigenvalue weighted by atomic mass is 127. The predicted molar refractivity (Wildman–Crippen MR) is 147 cm³/mol. The van der Waals surface area contributed by atoms with Crippen LogP contribution in [0.3, 0.4) is 0 Å². The number of pyridine rings is 1. The predicted octanol–water partition coefficient (Wildman–Crippen LogP) is 4.03. The molecule has 0 aliphatic heterocycles. The summed E-state index contributed by atoms with van der Waals surface area (Å²) in [4.78, 5) is 23.2. The minimum atomic E-state index is -0.296. The SMILES string of the molecule is CC(C)Oc1ccc(NC(=NCc2ccnc(N(C)C)c2)NCC(=O)NC(C)(C)C)cc1.I. The summed E-state index contributed by atoms with van der Waals surface area (Å²) in [6, 6.07) is 11.6. The molecule has 8 nitrogen and oxygen atoms in total. The second-order valence-electron chi connectivity index (χ2n) is 9.05. The molecule has 3 N–H and O–H groups in total. The lowest BCUT2D eigenvalue weighted by molar-refractivity contribution is -0.121. The fraction of sp³-hybridized carbons (Fsp3) is 0.458. The van der Waals surface area contributed by atoms with E-state index in [2.05, 4.69) is 25.9 Å². The first kappa shape index (κ1) is 28.5. The van der Waals surface area contributed by atoms with E-state index in [0.717, 1.165) is 22.8 Å². The number of ether oxygens (including phenoxy) is 1. The maximum Gasteiger partial charge on any atom is 0.239 e. The van der Waals surface area contributed by atoms with Gasteiger partial charge in [-0.15, -0.1) is 24.0 Å². The summed E-state index contributed by atoms with van der Waals surface area (Å²) < 4.78 is 5.70. The van der Waals surface area contributed by atoms with Gasteiger partial charge in [-0.25, -0.2) is 9.98 Å². The number of carbonyl (C=O) groups is 1. The van der Waals surface area contributed by atoms with Crippen molar-refractivity contribution >= 4 is 47.3 Å². The third-order valence-electron chi connectivity index (χ3n) is 4.11. The van der Waals surface area contributed by atoms with Crippen LogP contribution in [0.1, 0.15) is 40.2 Å². The molecular formula is C24H37IN6O2. The van der Waals surface area contributed by atoms with Gasteiger partial charge in [-0.05, 0) is 76.6 Å². The third kappa shape index (κ3) is 11.2. The molecule has 33 heavy (non-hydrogen) atoms. The van der Waals surface area contributed by atoms with E-state index in [1.807, 2.05) is 90.0 Å². The number of nitrogens with one attached hydrogen (secondary N) is 3. The van der Waals surface area contributed by atoms with Gasteiger partial charge in [-0.3, -0.25) is 4.79 Å². The summed E-state index contributed by atoms with van der Waals surface area (Å²) in [5.41, 5.74) is 1.56. The number of hydrogen-bond donors (Lipinski definition) is 3. The van der Waals surface area contributed by atoms with Gasteiger partial charge < -0.3 is 25.6 Å². The van der Waals surface area contributed by atoms with Crippen molar-refractivity contribution in [2.45, 2.75) is 52.8 Å². The van der Waals surface area contributed by atoms with Crippen LogP contribution in [-0.4, -0.2) is 49.1 Å². The second-order valence-corrected chi connectivity index (χ2v) is 9.05. The van der Waals surface area contributed by atoms with Crippen molar-refractivity contribution in [2.24, 2.45) is 4.99 Å². The van der Waals surface area contributed by atoms with Crippen LogP contribution >= 0.6 is 24.0 Å². The molecule has 0 radical (unpaired) electrons. The number of guanidine groups is 1. The summed E-state index contributed by atoms with van der Waals surface area (Å²) >= 11 is 0. The number of anilines is 2. The van der Waals surface area contributed by atoms with Crippen LogP contribution in [0.25, 0.3) is 0 Å². The molecule has 1 aromatic heterocycles. The Bertz CT molecular complexity index is 908. The van der Waals surface area contributed by atoms with Gasteiger partial charge in [0.05, 0.1) is 19.2 Å². The fourth-order valence-electron chi connectivity index (χ4n) is 2.77. The van der Waals surface area contributed by atoms with Gasteiger partial charge in [0.1, 0.15) is 11.6 Å². The molecule has 2 rings (SSSR count). The Morgan fingerprint density at radius 1 is 1.15 bits per heavy atom. The summed E-state index contributed by atoms with van der Waals surface area (Å²) in [7, 11) is 3.90. The molecule has 0 saturated carbocycles. The molecule has 0 aliphatic rings. The lowest BCUT2D eigenvalue weighted by Gasteiger charge is -2.21. The summed E-state index contributed by atoms with van der Waals surface area (Å²) in [6.07, 6.45) is 1.88. The first-order chi connectivity index (χ1) is 15.0. The van der Waals surface area contributed by atoms with E-state index in [0.29, 0.717) is 12.5 Å². The van der Waals surface area contributed by atoms with E-state index < -0.39 is 0 Å². The summed E-state index contributed by atoms with van der Waals surface area (Å²) in [5, 5.41) is 9.32. The monoisotopic (exact) mass is 568 g/mol. The van der Waals surface area contributed by atoms with Gasteiger partial charge in [0.25, 0.3) is 0 Å². The number of aliphatic imine (C=N–C) groups is 1. The van der Waals surface area contributed by atoms with E-state index in [9.17, 15) is 4.79 Å². The molecule has 1 aromatic carbocycles. The first-order valence-corrected chi connectivity index (χ1v) is 10.8. The molecular weight excluding hydrogens is 531 g/mol. The molecule has 0 atom stereocenters. The van der Waals surface area contributed by atoms with Crippen LogP contribution in [0, 0.1) is 0 Å². The van der Waals surface area contributed by atoms with Crippen molar-refractivity contribution in [3.8, 4) is 5.75 Å². The molecule has 9 heteroatoms. The standard InChI is InChI=1S/C24H36N6O2.HI/c1-17(2)32-20-10-8-19(9-11-20)28-23(27-16-22(31)29-24(3,4)5)26-15-18-12-13-25-21(14-18)30(6)7;/h8-14,17H,15-16H2,1-7H3,(H,29,31)(H2,26,27,28);1H. The smallest absolute Gasteiger partial charge is 0.239 e. The molecule has 1 heterocycles. The molecule has 0 fully saturated rings. The average molecular weight is 569 g/mol. The maximum absolute atomic E-state index is 12.3. The van der Waals surface area contributed by atoms with Gasteiger partial charge >= 0.3 is 0 Å². The maximum atomic E-state index is 12.3. The van der Waals surface area contributed by atoms with E-state index in [4.69, 9.17) is 4.74 Å². The molecule has 0 saturated heterocycles. The van der Waals surface area contributed by atoms with Crippen molar-refractivity contribution < 1.29 is 9.53 Å².